The van der Waals surface area contributed by atoms with Crippen molar-refractivity contribution in [3.05, 3.63) is 29.8 Å². The number of carbonyl (C=O) groups excluding carboxylic acids is 1. The molecule has 1 amide bonds. The van der Waals surface area contributed by atoms with E-state index in [9.17, 15) is 13.2 Å². The minimum absolute atomic E-state index is 0.0307. The Balaban J connectivity index is 1.69. The summed E-state index contributed by atoms with van der Waals surface area (Å²) in [6.45, 7) is 3.69. The van der Waals surface area contributed by atoms with Crippen molar-refractivity contribution in [3.8, 4) is 5.75 Å². The van der Waals surface area contributed by atoms with Crippen LogP contribution in [-0.2, 0) is 21.4 Å². The maximum atomic E-state index is 12.2. The lowest BCUT2D eigenvalue weighted by Crippen LogP contribution is -2.47. The summed E-state index contributed by atoms with van der Waals surface area (Å²) in [5.41, 5.74) is 1.26. The highest BCUT2D eigenvalue weighted by Gasteiger charge is 2.31. The highest BCUT2D eigenvalue weighted by Crippen LogP contribution is 2.20. The Morgan fingerprint density at radius 2 is 1.85 bits per heavy atom. The van der Waals surface area contributed by atoms with Gasteiger partial charge in [0.15, 0.2) is 0 Å². The van der Waals surface area contributed by atoms with E-state index in [0.717, 1.165) is 12.2 Å². The van der Waals surface area contributed by atoms with Gasteiger partial charge in [-0.1, -0.05) is 19.1 Å². The van der Waals surface area contributed by atoms with E-state index in [1.54, 1.807) is 0 Å². The fourth-order valence-corrected chi connectivity index (χ4v) is 4.02. The second-order valence-electron chi connectivity index (χ2n) is 6.60. The first-order chi connectivity index (χ1) is 12.3. The molecule has 0 bridgehead atoms. The van der Waals surface area contributed by atoms with Crippen molar-refractivity contribution in [2.24, 2.45) is 5.92 Å². The third kappa shape index (κ3) is 5.43. The zero-order chi connectivity index (χ0) is 19.2. The van der Waals surface area contributed by atoms with Crippen LogP contribution in [0.25, 0.3) is 0 Å². The van der Waals surface area contributed by atoms with Gasteiger partial charge in [-0.15, -0.1) is 0 Å². The van der Waals surface area contributed by atoms with Crippen molar-refractivity contribution in [1.82, 2.24) is 13.9 Å². The number of hydrogen-bond donors (Lipinski definition) is 1. The van der Waals surface area contributed by atoms with Crippen LogP contribution in [0.1, 0.15) is 25.3 Å². The van der Waals surface area contributed by atoms with Gasteiger partial charge in [0.1, 0.15) is 12.4 Å². The van der Waals surface area contributed by atoms with Crippen LogP contribution in [0.4, 0.5) is 0 Å². The van der Waals surface area contributed by atoms with Crippen LogP contribution >= 0.6 is 0 Å². The Labute approximate surface area is 156 Å². The third-order valence-electron chi connectivity index (χ3n) is 4.61. The highest BCUT2D eigenvalue weighted by molar-refractivity contribution is 7.86. The predicted octanol–water partition coefficient (Wildman–Crippen LogP) is 1.26. The lowest BCUT2D eigenvalue weighted by atomic mass is 9.97. The Morgan fingerprint density at radius 1 is 1.23 bits per heavy atom. The van der Waals surface area contributed by atoms with Crippen LogP contribution in [0.15, 0.2) is 24.3 Å². The van der Waals surface area contributed by atoms with Gasteiger partial charge in [0, 0.05) is 33.1 Å². The summed E-state index contributed by atoms with van der Waals surface area (Å²) in [5.74, 6) is 0.614. The van der Waals surface area contributed by atoms with Crippen LogP contribution in [0.5, 0.6) is 5.75 Å². The molecular formula is C18H29N3O4S. The van der Waals surface area contributed by atoms with E-state index in [0.29, 0.717) is 39.1 Å². The predicted molar refractivity (Wildman–Crippen MR) is 101 cm³/mol. The third-order valence-corrected chi connectivity index (χ3v) is 6.55. The number of aryl methyl sites for hydroxylation is 1. The molecule has 7 nitrogen and oxygen atoms in total. The molecule has 0 unspecified atom stereocenters. The highest BCUT2D eigenvalue weighted by atomic mass is 32.2. The summed E-state index contributed by atoms with van der Waals surface area (Å²) in [6, 6.07) is 7.93. The molecule has 1 aliphatic heterocycles. The number of rotatable bonds is 8. The van der Waals surface area contributed by atoms with Gasteiger partial charge in [0.25, 0.3) is 10.2 Å². The lowest BCUT2D eigenvalue weighted by molar-refractivity contribution is -0.126. The molecule has 0 radical (unpaired) electrons. The minimum atomic E-state index is -3.39. The number of benzene rings is 1. The number of hydrogen-bond acceptors (Lipinski definition) is 4. The number of nitrogens with one attached hydrogen (secondary N) is 1. The normalized spacial score (nSPS) is 16.6. The molecule has 1 heterocycles. The zero-order valence-electron chi connectivity index (χ0n) is 15.8. The molecule has 146 valence electrons. The maximum absolute atomic E-state index is 12.2. The Hall–Kier alpha value is -1.64. The number of nitrogens with zero attached hydrogens (tertiary/aromatic N) is 2. The number of carbonyl (C=O) groups is 1. The van der Waals surface area contributed by atoms with Gasteiger partial charge in [-0.3, -0.25) is 4.79 Å². The van der Waals surface area contributed by atoms with E-state index in [4.69, 9.17) is 4.74 Å². The van der Waals surface area contributed by atoms with E-state index in [1.807, 2.05) is 24.3 Å². The van der Waals surface area contributed by atoms with Crippen LogP contribution < -0.4 is 10.1 Å². The van der Waals surface area contributed by atoms with Gasteiger partial charge in [0.2, 0.25) is 5.91 Å². The van der Waals surface area contributed by atoms with Crippen molar-refractivity contribution >= 4 is 16.1 Å². The molecule has 1 saturated heterocycles. The summed E-state index contributed by atoms with van der Waals surface area (Å²) >= 11 is 0. The lowest BCUT2D eigenvalue weighted by Gasteiger charge is -2.32. The molecular weight excluding hydrogens is 354 g/mol. The first-order valence-corrected chi connectivity index (χ1v) is 10.4. The maximum Gasteiger partial charge on any atom is 0.281 e. The molecule has 1 aliphatic rings. The van der Waals surface area contributed by atoms with Crippen molar-refractivity contribution in [3.63, 3.8) is 0 Å². The summed E-state index contributed by atoms with van der Waals surface area (Å²) in [7, 11) is -0.355. The zero-order valence-corrected chi connectivity index (χ0v) is 16.6. The fourth-order valence-electron chi connectivity index (χ4n) is 2.89. The van der Waals surface area contributed by atoms with Gasteiger partial charge < -0.3 is 10.1 Å². The van der Waals surface area contributed by atoms with E-state index < -0.39 is 10.2 Å². The molecule has 1 aromatic rings. The summed E-state index contributed by atoms with van der Waals surface area (Å²) in [6.07, 6.45) is 2.07. The van der Waals surface area contributed by atoms with Crippen LogP contribution in [0, 0.1) is 5.92 Å². The van der Waals surface area contributed by atoms with E-state index in [2.05, 4.69) is 12.2 Å². The average Bonchev–Trinajstić information content (AvgIpc) is 2.65. The van der Waals surface area contributed by atoms with E-state index >= 15 is 0 Å². The fraction of sp³-hybridized carbons (Fsp3) is 0.611. The average molecular weight is 384 g/mol. The van der Waals surface area contributed by atoms with Crippen LogP contribution in [0.2, 0.25) is 0 Å². The molecule has 1 fully saturated rings. The van der Waals surface area contributed by atoms with Crippen molar-refractivity contribution in [2.75, 3.05) is 40.3 Å². The number of ether oxygens (including phenoxy) is 1. The van der Waals surface area contributed by atoms with Gasteiger partial charge >= 0.3 is 0 Å². The molecule has 0 spiro atoms. The smallest absolute Gasteiger partial charge is 0.281 e. The first kappa shape index (κ1) is 20.7. The summed E-state index contributed by atoms with van der Waals surface area (Å²) in [4.78, 5) is 12.2. The summed E-state index contributed by atoms with van der Waals surface area (Å²) in [5, 5.41) is 2.88. The molecule has 0 aliphatic carbocycles. The number of piperidine rings is 1. The molecule has 0 aromatic heterocycles. The topological polar surface area (TPSA) is 79.0 Å². The van der Waals surface area contributed by atoms with Gasteiger partial charge in [0.05, 0.1) is 6.54 Å². The van der Waals surface area contributed by atoms with Crippen LogP contribution in [-0.4, -0.2) is 63.3 Å². The second-order valence-corrected chi connectivity index (χ2v) is 8.74. The quantitative estimate of drug-likeness (QED) is 0.686. The van der Waals surface area contributed by atoms with Crippen molar-refractivity contribution in [1.29, 1.82) is 0 Å². The molecule has 1 N–H and O–H groups in total. The number of amides is 1. The van der Waals surface area contributed by atoms with Crippen LogP contribution in [0.3, 0.4) is 0 Å². The Bertz CT molecular complexity index is 681. The van der Waals surface area contributed by atoms with E-state index in [1.165, 1.54) is 28.3 Å². The Kier molecular flexibility index (Phi) is 7.43. The van der Waals surface area contributed by atoms with Crippen molar-refractivity contribution < 1.29 is 17.9 Å². The molecule has 0 atom stereocenters. The van der Waals surface area contributed by atoms with Gasteiger partial charge in [-0.25, -0.2) is 0 Å². The van der Waals surface area contributed by atoms with Gasteiger partial charge in [-0.05, 0) is 37.0 Å². The molecule has 1 aromatic carbocycles. The molecule has 2 rings (SSSR count). The largest absolute Gasteiger partial charge is 0.492 e. The molecule has 8 heteroatoms. The monoisotopic (exact) mass is 383 g/mol. The second kappa shape index (κ2) is 9.34. The molecule has 0 saturated carbocycles. The van der Waals surface area contributed by atoms with E-state index in [-0.39, 0.29) is 11.8 Å². The first-order valence-electron chi connectivity index (χ1n) is 9.01. The molecule has 26 heavy (non-hydrogen) atoms. The minimum Gasteiger partial charge on any atom is -0.492 e. The summed E-state index contributed by atoms with van der Waals surface area (Å²) < 4.78 is 32.4. The Morgan fingerprint density at radius 3 is 2.38 bits per heavy atom. The SMILES string of the molecule is CCc1ccc(OCCNC(=O)C2CCN(S(=O)(=O)N(C)C)CC2)cc1. The van der Waals surface area contributed by atoms with Crippen molar-refractivity contribution in [2.45, 2.75) is 26.2 Å². The standard InChI is InChI=1S/C18H29N3O4S/c1-4-15-5-7-17(8-6-15)25-14-11-19-18(22)16-9-12-21(13-10-16)26(23,24)20(2)3/h5-8,16H,4,9-14H2,1-3H3,(H,19,22). The van der Waals surface area contributed by atoms with Gasteiger partial charge in [-0.2, -0.15) is 17.0 Å².